The molecule has 0 spiro atoms. The van der Waals surface area contributed by atoms with Gasteiger partial charge in [-0.2, -0.15) is 13.2 Å². The third-order valence-electron chi connectivity index (χ3n) is 4.35. The van der Waals surface area contributed by atoms with Gasteiger partial charge in [-0.05, 0) is 52.0 Å². The Kier molecular flexibility index (Phi) is 5.54. The summed E-state index contributed by atoms with van der Waals surface area (Å²) in [6.07, 6.45) is 2.43. The van der Waals surface area contributed by atoms with Crippen LogP contribution in [0.3, 0.4) is 0 Å². The highest BCUT2D eigenvalue weighted by molar-refractivity contribution is 4.92. The van der Waals surface area contributed by atoms with Crippen LogP contribution in [0.5, 0.6) is 0 Å². The molecule has 6 heteroatoms. The molecule has 2 saturated carbocycles. The first kappa shape index (κ1) is 17.0. The van der Waals surface area contributed by atoms with E-state index in [0.717, 1.165) is 44.9 Å². The molecule has 0 radical (unpaired) electrons. The van der Waals surface area contributed by atoms with Crippen molar-refractivity contribution in [3.63, 3.8) is 0 Å². The largest absolute Gasteiger partial charge is 0.401 e. The molecule has 0 aromatic rings. The lowest BCUT2D eigenvalue weighted by atomic mass is 9.95. The van der Waals surface area contributed by atoms with Gasteiger partial charge in [-0.3, -0.25) is 4.90 Å². The molecule has 0 saturated heterocycles. The molecular weight excluding hydrogens is 281 g/mol. The van der Waals surface area contributed by atoms with Gasteiger partial charge in [0.05, 0.1) is 13.2 Å². The van der Waals surface area contributed by atoms with E-state index in [-0.39, 0.29) is 18.2 Å². The van der Waals surface area contributed by atoms with Crippen LogP contribution >= 0.6 is 0 Å². The number of aliphatic hydroxyl groups excluding tert-OH is 1. The molecule has 3 nitrogen and oxygen atoms in total. The molecule has 2 aliphatic rings. The molecule has 21 heavy (non-hydrogen) atoms. The minimum Gasteiger partial charge on any atom is -0.394 e. The van der Waals surface area contributed by atoms with Gasteiger partial charge < -0.3 is 10.4 Å². The molecule has 0 heterocycles. The Labute approximate surface area is 124 Å². The van der Waals surface area contributed by atoms with Crippen molar-refractivity contribution in [2.45, 2.75) is 75.7 Å². The second-order valence-electron chi connectivity index (χ2n) is 6.91. The number of aliphatic hydroxyl groups is 1. The zero-order valence-corrected chi connectivity index (χ0v) is 12.8. The van der Waals surface area contributed by atoms with Crippen LogP contribution in [0.15, 0.2) is 0 Å². The topological polar surface area (TPSA) is 35.5 Å². The summed E-state index contributed by atoms with van der Waals surface area (Å²) >= 11 is 0. The average Bonchev–Trinajstić information content (AvgIpc) is 3.23. The van der Waals surface area contributed by atoms with Gasteiger partial charge >= 0.3 is 6.18 Å². The standard InChI is InChI=1S/C15H27F3N2O/c1-14(11-21,19-12-4-5-12)8-2-3-9-20(13-6-7-13)10-15(16,17)18/h12-13,19,21H,2-11H2,1H3. The Balaban J connectivity index is 1.66. The second kappa shape index (κ2) is 6.84. The molecule has 0 bridgehead atoms. The molecule has 1 unspecified atom stereocenters. The third-order valence-corrected chi connectivity index (χ3v) is 4.35. The lowest BCUT2D eigenvalue weighted by Crippen LogP contribution is -2.47. The van der Waals surface area contributed by atoms with Crippen LogP contribution in [0.2, 0.25) is 0 Å². The molecule has 0 aromatic heterocycles. The Hall–Kier alpha value is -0.330. The van der Waals surface area contributed by atoms with Crippen LogP contribution in [0.1, 0.15) is 51.9 Å². The van der Waals surface area contributed by atoms with Gasteiger partial charge in [0.1, 0.15) is 0 Å². The molecule has 124 valence electrons. The lowest BCUT2D eigenvalue weighted by Gasteiger charge is -2.30. The zero-order chi connectivity index (χ0) is 15.5. The zero-order valence-electron chi connectivity index (χ0n) is 12.8. The molecule has 2 aliphatic carbocycles. The van der Waals surface area contributed by atoms with E-state index in [1.54, 1.807) is 4.90 Å². The van der Waals surface area contributed by atoms with Crippen molar-refractivity contribution in [2.24, 2.45) is 0 Å². The van der Waals surface area contributed by atoms with E-state index in [1.807, 2.05) is 6.92 Å². The number of alkyl halides is 3. The molecule has 2 rings (SSSR count). The number of hydrogen-bond acceptors (Lipinski definition) is 3. The van der Waals surface area contributed by atoms with E-state index in [2.05, 4.69) is 5.32 Å². The van der Waals surface area contributed by atoms with E-state index >= 15 is 0 Å². The molecule has 1 atom stereocenters. The summed E-state index contributed by atoms with van der Waals surface area (Å²) in [6, 6.07) is 0.663. The fourth-order valence-corrected chi connectivity index (χ4v) is 2.81. The summed E-state index contributed by atoms with van der Waals surface area (Å²) in [7, 11) is 0. The highest BCUT2D eigenvalue weighted by Gasteiger charge is 2.37. The Morgan fingerprint density at radius 3 is 2.29 bits per heavy atom. The van der Waals surface area contributed by atoms with Crippen LogP contribution in [-0.4, -0.2) is 53.5 Å². The number of halogens is 3. The van der Waals surface area contributed by atoms with Crippen LogP contribution in [0.25, 0.3) is 0 Å². The fraction of sp³-hybridized carbons (Fsp3) is 1.00. The number of nitrogens with one attached hydrogen (secondary N) is 1. The minimum absolute atomic E-state index is 0.0817. The summed E-state index contributed by atoms with van der Waals surface area (Å²) in [5.74, 6) is 0. The Morgan fingerprint density at radius 2 is 1.81 bits per heavy atom. The van der Waals surface area contributed by atoms with Crippen molar-refractivity contribution >= 4 is 0 Å². The Bertz CT molecular complexity index is 329. The maximum atomic E-state index is 12.5. The Morgan fingerprint density at radius 1 is 1.14 bits per heavy atom. The molecule has 0 amide bonds. The van der Waals surface area contributed by atoms with Crippen molar-refractivity contribution in [3.05, 3.63) is 0 Å². The number of unbranched alkanes of at least 4 members (excludes halogenated alkanes) is 1. The first-order valence-electron chi connectivity index (χ1n) is 8.01. The maximum absolute atomic E-state index is 12.5. The van der Waals surface area contributed by atoms with Crippen molar-refractivity contribution < 1.29 is 18.3 Å². The number of nitrogens with zero attached hydrogens (tertiary/aromatic N) is 1. The van der Waals surface area contributed by atoms with E-state index in [1.165, 1.54) is 0 Å². The van der Waals surface area contributed by atoms with Gasteiger partial charge in [0.15, 0.2) is 0 Å². The monoisotopic (exact) mass is 308 g/mol. The summed E-state index contributed by atoms with van der Waals surface area (Å²) < 4.78 is 37.5. The van der Waals surface area contributed by atoms with Crippen LogP contribution < -0.4 is 5.32 Å². The summed E-state index contributed by atoms with van der Waals surface area (Å²) in [4.78, 5) is 1.57. The van der Waals surface area contributed by atoms with Gasteiger partial charge in [0, 0.05) is 17.6 Å². The minimum atomic E-state index is -4.10. The van der Waals surface area contributed by atoms with Crippen LogP contribution in [0.4, 0.5) is 13.2 Å². The van der Waals surface area contributed by atoms with E-state index in [9.17, 15) is 18.3 Å². The van der Waals surface area contributed by atoms with E-state index in [0.29, 0.717) is 12.6 Å². The van der Waals surface area contributed by atoms with Gasteiger partial charge in [-0.25, -0.2) is 0 Å². The molecule has 0 aromatic carbocycles. The van der Waals surface area contributed by atoms with Crippen molar-refractivity contribution in [3.8, 4) is 0 Å². The predicted octanol–water partition coefficient (Wildman–Crippen LogP) is 2.69. The summed E-state index contributed by atoms with van der Waals surface area (Å²) in [6.45, 7) is 1.81. The maximum Gasteiger partial charge on any atom is 0.401 e. The van der Waals surface area contributed by atoms with Crippen LogP contribution in [0, 0.1) is 0 Å². The van der Waals surface area contributed by atoms with E-state index in [4.69, 9.17) is 0 Å². The van der Waals surface area contributed by atoms with Crippen molar-refractivity contribution in [1.29, 1.82) is 0 Å². The lowest BCUT2D eigenvalue weighted by molar-refractivity contribution is -0.147. The molecular formula is C15H27F3N2O. The quantitative estimate of drug-likeness (QED) is 0.609. The normalized spacial score (nSPS) is 22.6. The number of rotatable bonds is 10. The van der Waals surface area contributed by atoms with E-state index < -0.39 is 12.7 Å². The first-order valence-corrected chi connectivity index (χ1v) is 8.01. The summed E-state index contributed by atoms with van der Waals surface area (Å²) in [5, 5.41) is 12.9. The average molecular weight is 308 g/mol. The second-order valence-corrected chi connectivity index (χ2v) is 6.91. The van der Waals surface area contributed by atoms with Gasteiger partial charge in [-0.15, -0.1) is 0 Å². The van der Waals surface area contributed by atoms with Crippen LogP contribution in [-0.2, 0) is 0 Å². The highest BCUT2D eigenvalue weighted by Crippen LogP contribution is 2.30. The molecule has 0 aliphatic heterocycles. The number of hydrogen-bond donors (Lipinski definition) is 2. The van der Waals surface area contributed by atoms with Crippen molar-refractivity contribution in [1.82, 2.24) is 10.2 Å². The fourth-order valence-electron chi connectivity index (χ4n) is 2.81. The van der Waals surface area contributed by atoms with Crippen molar-refractivity contribution in [2.75, 3.05) is 19.7 Å². The third kappa shape index (κ3) is 6.53. The molecule has 2 N–H and O–H groups in total. The molecule has 2 fully saturated rings. The van der Waals surface area contributed by atoms with Gasteiger partial charge in [0.25, 0.3) is 0 Å². The summed E-state index contributed by atoms with van der Waals surface area (Å²) in [5.41, 5.74) is -0.282. The SMILES string of the molecule is CC(CO)(CCCCN(CC(F)(F)F)C1CC1)NC1CC1. The first-order chi connectivity index (χ1) is 9.81. The highest BCUT2D eigenvalue weighted by atomic mass is 19.4. The smallest absolute Gasteiger partial charge is 0.394 e. The van der Waals surface area contributed by atoms with Gasteiger partial charge in [0.2, 0.25) is 0 Å². The van der Waals surface area contributed by atoms with Gasteiger partial charge in [-0.1, -0.05) is 6.42 Å². The predicted molar refractivity (Wildman–Crippen MR) is 76.1 cm³/mol.